The van der Waals surface area contributed by atoms with Gasteiger partial charge >= 0.3 is 6.03 Å². The SMILES string of the molecule is COCCn1cc(NC(=O)Nc2ccc(N=Nc3ccccc3)cc2)cn1. The number of ether oxygens (including phenoxy) is 1. The van der Waals surface area contributed by atoms with E-state index in [9.17, 15) is 4.79 Å². The van der Waals surface area contributed by atoms with Gasteiger partial charge in [0.2, 0.25) is 0 Å². The highest BCUT2D eigenvalue weighted by Gasteiger charge is 2.05. The molecule has 0 aliphatic rings. The summed E-state index contributed by atoms with van der Waals surface area (Å²) in [6.07, 6.45) is 3.33. The van der Waals surface area contributed by atoms with E-state index in [1.165, 1.54) is 0 Å². The van der Waals surface area contributed by atoms with Crippen LogP contribution >= 0.6 is 0 Å². The highest BCUT2D eigenvalue weighted by atomic mass is 16.5. The van der Waals surface area contributed by atoms with Crippen LogP contribution in [0.25, 0.3) is 0 Å². The van der Waals surface area contributed by atoms with Gasteiger partial charge in [0.1, 0.15) is 0 Å². The molecule has 3 aromatic rings. The number of aromatic nitrogens is 2. The molecule has 0 unspecified atom stereocenters. The van der Waals surface area contributed by atoms with Crippen molar-refractivity contribution in [2.75, 3.05) is 24.4 Å². The van der Waals surface area contributed by atoms with E-state index >= 15 is 0 Å². The van der Waals surface area contributed by atoms with E-state index in [2.05, 4.69) is 26.0 Å². The molecule has 8 heteroatoms. The van der Waals surface area contributed by atoms with E-state index < -0.39 is 0 Å². The van der Waals surface area contributed by atoms with Gasteiger partial charge in [0, 0.05) is 19.0 Å². The van der Waals surface area contributed by atoms with Crippen LogP contribution in [-0.2, 0) is 11.3 Å². The van der Waals surface area contributed by atoms with Gasteiger partial charge in [-0.1, -0.05) is 18.2 Å². The first-order valence-corrected chi connectivity index (χ1v) is 8.39. The van der Waals surface area contributed by atoms with Crippen LogP contribution in [0.5, 0.6) is 0 Å². The van der Waals surface area contributed by atoms with Gasteiger partial charge in [0.15, 0.2) is 0 Å². The Morgan fingerprint density at radius 1 is 1.00 bits per heavy atom. The zero-order valence-corrected chi connectivity index (χ0v) is 14.9. The molecular weight excluding hydrogens is 344 g/mol. The van der Waals surface area contributed by atoms with Crippen LogP contribution in [-0.4, -0.2) is 29.5 Å². The first-order valence-electron chi connectivity index (χ1n) is 8.39. The standard InChI is InChI=1S/C19H20N6O2/c1-27-12-11-25-14-18(13-20-25)22-19(26)21-15-7-9-17(10-8-15)24-23-16-5-3-2-4-6-16/h2-10,13-14H,11-12H2,1H3,(H2,21,22,26). The molecule has 2 N–H and O–H groups in total. The number of azo groups is 1. The van der Waals surface area contributed by atoms with Gasteiger partial charge in [-0.05, 0) is 36.4 Å². The molecule has 3 rings (SSSR count). The van der Waals surface area contributed by atoms with Crippen molar-refractivity contribution in [1.29, 1.82) is 0 Å². The molecule has 0 saturated heterocycles. The smallest absolute Gasteiger partial charge is 0.323 e. The van der Waals surface area contributed by atoms with E-state index in [-0.39, 0.29) is 6.03 Å². The summed E-state index contributed by atoms with van der Waals surface area (Å²) < 4.78 is 6.69. The summed E-state index contributed by atoms with van der Waals surface area (Å²) in [7, 11) is 1.63. The number of methoxy groups -OCH3 is 1. The lowest BCUT2D eigenvalue weighted by atomic mass is 10.3. The third-order valence-electron chi connectivity index (χ3n) is 3.58. The Balaban J connectivity index is 1.52. The first-order chi connectivity index (χ1) is 13.2. The maximum Gasteiger partial charge on any atom is 0.323 e. The zero-order valence-electron chi connectivity index (χ0n) is 14.9. The molecule has 1 aromatic heterocycles. The number of benzene rings is 2. The van der Waals surface area contributed by atoms with E-state index in [4.69, 9.17) is 4.74 Å². The Kier molecular flexibility index (Phi) is 6.26. The van der Waals surface area contributed by atoms with Crippen molar-refractivity contribution in [2.45, 2.75) is 6.54 Å². The summed E-state index contributed by atoms with van der Waals surface area (Å²) in [5.41, 5.74) is 2.74. The number of nitrogens with one attached hydrogen (secondary N) is 2. The third kappa shape index (κ3) is 5.75. The van der Waals surface area contributed by atoms with Crippen LogP contribution in [0, 0.1) is 0 Å². The molecule has 2 aromatic carbocycles. The largest absolute Gasteiger partial charge is 0.383 e. The summed E-state index contributed by atoms with van der Waals surface area (Å²) in [5, 5.41) is 18.0. The number of carbonyl (C=O) groups is 1. The third-order valence-corrected chi connectivity index (χ3v) is 3.58. The molecule has 0 saturated carbocycles. The highest BCUT2D eigenvalue weighted by Crippen LogP contribution is 2.20. The van der Waals surface area contributed by atoms with Gasteiger partial charge in [-0.3, -0.25) is 4.68 Å². The second-order valence-electron chi connectivity index (χ2n) is 5.65. The van der Waals surface area contributed by atoms with Gasteiger partial charge in [-0.2, -0.15) is 15.3 Å². The van der Waals surface area contributed by atoms with Crippen molar-refractivity contribution >= 4 is 28.8 Å². The molecule has 0 bridgehead atoms. The summed E-state index contributed by atoms with van der Waals surface area (Å²) >= 11 is 0. The Bertz CT molecular complexity index is 890. The summed E-state index contributed by atoms with van der Waals surface area (Å²) in [6.45, 7) is 1.18. The lowest BCUT2D eigenvalue weighted by Gasteiger charge is -2.06. The number of urea groups is 1. The van der Waals surface area contributed by atoms with E-state index in [0.29, 0.717) is 30.2 Å². The van der Waals surface area contributed by atoms with Crippen LogP contribution < -0.4 is 10.6 Å². The molecule has 27 heavy (non-hydrogen) atoms. The Morgan fingerprint density at radius 2 is 1.67 bits per heavy atom. The Morgan fingerprint density at radius 3 is 2.37 bits per heavy atom. The Hall–Kier alpha value is -3.52. The van der Waals surface area contributed by atoms with Gasteiger partial charge in [0.25, 0.3) is 0 Å². The molecule has 2 amide bonds. The molecule has 138 valence electrons. The molecule has 0 aliphatic carbocycles. The van der Waals surface area contributed by atoms with Crippen molar-refractivity contribution in [3.63, 3.8) is 0 Å². The summed E-state index contributed by atoms with van der Waals surface area (Å²) in [4.78, 5) is 12.1. The fourth-order valence-electron chi connectivity index (χ4n) is 2.25. The minimum Gasteiger partial charge on any atom is -0.383 e. The number of anilines is 2. The second-order valence-corrected chi connectivity index (χ2v) is 5.65. The zero-order chi connectivity index (χ0) is 18.9. The van der Waals surface area contributed by atoms with Gasteiger partial charge in [-0.25, -0.2) is 4.79 Å². The van der Waals surface area contributed by atoms with Crippen LogP contribution in [0.4, 0.5) is 27.5 Å². The molecule has 0 fully saturated rings. The number of hydrogen-bond acceptors (Lipinski definition) is 5. The van der Waals surface area contributed by atoms with Crippen LogP contribution in [0.15, 0.2) is 77.2 Å². The normalized spacial score (nSPS) is 10.9. The van der Waals surface area contributed by atoms with Crippen LogP contribution in [0.2, 0.25) is 0 Å². The number of hydrogen-bond donors (Lipinski definition) is 2. The minimum absolute atomic E-state index is 0.347. The lowest BCUT2D eigenvalue weighted by molar-refractivity contribution is 0.183. The average molecular weight is 364 g/mol. The van der Waals surface area contributed by atoms with Crippen LogP contribution in [0.1, 0.15) is 0 Å². The minimum atomic E-state index is -0.347. The maximum absolute atomic E-state index is 12.1. The average Bonchev–Trinajstić information content (AvgIpc) is 3.13. The number of rotatable bonds is 7. The van der Waals surface area contributed by atoms with E-state index in [1.54, 1.807) is 48.5 Å². The molecule has 0 atom stereocenters. The maximum atomic E-state index is 12.1. The predicted molar refractivity (Wildman–Crippen MR) is 104 cm³/mol. The molecule has 0 radical (unpaired) electrons. The fourth-order valence-corrected chi connectivity index (χ4v) is 2.25. The number of amides is 2. The number of carbonyl (C=O) groups excluding carboxylic acids is 1. The van der Waals surface area contributed by atoms with E-state index in [1.807, 2.05) is 30.3 Å². The van der Waals surface area contributed by atoms with Crippen molar-refractivity contribution in [1.82, 2.24) is 9.78 Å². The summed E-state index contributed by atoms with van der Waals surface area (Å²) in [5.74, 6) is 0. The van der Waals surface area contributed by atoms with Crippen molar-refractivity contribution in [2.24, 2.45) is 10.2 Å². The predicted octanol–water partition coefficient (Wildman–Crippen LogP) is 4.59. The quantitative estimate of drug-likeness (QED) is 0.601. The highest BCUT2D eigenvalue weighted by molar-refractivity contribution is 5.99. The lowest BCUT2D eigenvalue weighted by Crippen LogP contribution is -2.19. The first kappa shape index (κ1) is 18.3. The fraction of sp³-hybridized carbons (Fsp3) is 0.158. The molecular formula is C19H20N6O2. The van der Waals surface area contributed by atoms with Crippen LogP contribution in [0.3, 0.4) is 0 Å². The van der Waals surface area contributed by atoms with Crippen molar-refractivity contribution in [3.8, 4) is 0 Å². The van der Waals surface area contributed by atoms with Crippen molar-refractivity contribution in [3.05, 3.63) is 67.0 Å². The van der Waals surface area contributed by atoms with Crippen molar-refractivity contribution < 1.29 is 9.53 Å². The second kappa shape index (κ2) is 9.25. The van der Waals surface area contributed by atoms with Gasteiger partial charge in [0.05, 0.1) is 36.4 Å². The molecule has 0 spiro atoms. The summed E-state index contributed by atoms with van der Waals surface area (Å²) in [6, 6.07) is 16.2. The molecule has 0 aliphatic heterocycles. The van der Waals surface area contributed by atoms with Gasteiger partial charge in [-0.15, -0.1) is 0 Å². The molecule has 1 heterocycles. The molecule has 8 nitrogen and oxygen atoms in total. The van der Waals surface area contributed by atoms with E-state index in [0.717, 1.165) is 5.69 Å². The Labute approximate surface area is 156 Å². The monoisotopic (exact) mass is 364 g/mol. The topological polar surface area (TPSA) is 92.9 Å². The van der Waals surface area contributed by atoms with Gasteiger partial charge < -0.3 is 15.4 Å². The number of nitrogens with zero attached hydrogens (tertiary/aromatic N) is 4.